The quantitative estimate of drug-likeness (QED) is 0.775. The monoisotopic (exact) mass is 340 g/mol. The molecule has 1 saturated heterocycles. The molecule has 0 spiro atoms. The van der Waals surface area contributed by atoms with Crippen LogP contribution in [0.3, 0.4) is 0 Å². The molecule has 130 valence electrons. The molecule has 1 amide bonds. The van der Waals surface area contributed by atoms with Crippen LogP contribution in [0.2, 0.25) is 0 Å². The van der Waals surface area contributed by atoms with Gasteiger partial charge in [0.15, 0.2) is 11.3 Å². The lowest BCUT2D eigenvalue weighted by Crippen LogP contribution is -2.36. The van der Waals surface area contributed by atoms with Gasteiger partial charge in [0.1, 0.15) is 6.10 Å². The third-order valence-corrected chi connectivity index (χ3v) is 4.65. The molecule has 2 atom stereocenters. The highest BCUT2D eigenvalue weighted by molar-refractivity contribution is 5.97. The van der Waals surface area contributed by atoms with Crippen molar-refractivity contribution in [3.8, 4) is 0 Å². The van der Waals surface area contributed by atoms with Crippen LogP contribution in [0.15, 0.2) is 37.1 Å². The zero-order valence-corrected chi connectivity index (χ0v) is 14.0. The minimum Gasteiger partial charge on any atom is -0.372 e. The molecule has 3 aromatic heterocycles. The van der Waals surface area contributed by atoms with Crippen LogP contribution in [-0.4, -0.2) is 43.2 Å². The highest BCUT2D eigenvalue weighted by Gasteiger charge is 2.30. The van der Waals surface area contributed by atoms with Gasteiger partial charge in [-0.05, 0) is 18.9 Å². The number of nitrogens with one attached hydrogen (secondary N) is 1. The van der Waals surface area contributed by atoms with Crippen LogP contribution in [0.1, 0.15) is 35.1 Å². The van der Waals surface area contributed by atoms with Crippen LogP contribution < -0.4 is 5.32 Å². The van der Waals surface area contributed by atoms with Crippen molar-refractivity contribution in [2.24, 2.45) is 13.0 Å². The Morgan fingerprint density at radius 1 is 1.32 bits per heavy atom. The fourth-order valence-electron chi connectivity index (χ4n) is 3.36. The Morgan fingerprint density at radius 2 is 2.16 bits per heavy atom. The first kappa shape index (κ1) is 15.8. The average molecular weight is 340 g/mol. The van der Waals surface area contributed by atoms with Gasteiger partial charge in [-0.15, -0.1) is 0 Å². The fraction of sp³-hybridized carbons (Fsp3) is 0.412. The van der Waals surface area contributed by atoms with E-state index in [4.69, 9.17) is 4.74 Å². The Morgan fingerprint density at radius 3 is 2.96 bits per heavy atom. The zero-order chi connectivity index (χ0) is 17.2. The highest BCUT2D eigenvalue weighted by atomic mass is 16.5. The van der Waals surface area contributed by atoms with Crippen LogP contribution in [0.4, 0.5) is 0 Å². The predicted molar refractivity (Wildman–Crippen MR) is 89.9 cm³/mol. The lowest BCUT2D eigenvalue weighted by atomic mass is 9.92. The minimum atomic E-state index is -0.217. The Bertz CT molecular complexity index is 886. The molecule has 8 nitrogen and oxygen atoms in total. The topological polar surface area (TPSA) is 86.3 Å². The lowest BCUT2D eigenvalue weighted by molar-refractivity contribution is -0.0317. The summed E-state index contributed by atoms with van der Waals surface area (Å²) in [6, 6.07) is 1.97. The normalized spacial score (nSPS) is 20.7. The molecule has 0 aliphatic carbocycles. The molecular formula is C17H20N6O2. The van der Waals surface area contributed by atoms with Crippen molar-refractivity contribution in [3.63, 3.8) is 0 Å². The number of nitrogens with zero attached hydrogens (tertiary/aromatic N) is 5. The molecule has 0 aromatic carbocycles. The van der Waals surface area contributed by atoms with Crippen LogP contribution in [0.5, 0.6) is 0 Å². The Labute approximate surface area is 144 Å². The molecule has 4 rings (SSSR count). The van der Waals surface area contributed by atoms with Gasteiger partial charge in [-0.25, -0.2) is 9.97 Å². The van der Waals surface area contributed by atoms with Crippen molar-refractivity contribution >= 4 is 11.6 Å². The van der Waals surface area contributed by atoms with Crippen LogP contribution >= 0.6 is 0 Å². The minimum absolute atomic E-state index is 0.0586. The third kappa shape index (κ3) is 3.00. The first-order valence-electron chi connectivity index (χ1n) is 8.39. The van der Waals surface area contributed by atoms with E-state index < -0.39 is 0 Å². The van der Waals surface area contributed by atoms with Crippen LogP contribution in [0.25, 0.3) is 5.65 Å². The molecule has 1 aliphatic heterocycles. The SMILES string of the molecule is Cn1nccc1[C@@H]1OCCC[C@H]1CNC(=O)c1nccn2ccnc12. The Hall–Kier alpha value is -2.74. The molecule has 0 saturated carbocycles. The van der Waals surface area contributed by atoms with E-state index in [1.165, 1.54) is 0 Å². The molecule has 0 bridgehead atoms. The van der Waals surface area contributed by atoms with Crippen molar-refractivity contribution < 1.29 is 9.53 Å². The maximum atomic E-state index is 12.6. The second kappa shape index (κ2) is 6.64. The average Bonchev–Trinajstić information content (AvgIpc) is 3.28. The van der Waals surface area contributed by atoms with E-state index in [1.54, 1.807) is 35.4 Å². The Balaban J connectivity index is 1.48. The van der Waals surface area contributed by atoms with Crippen molar-refractivity contribution in [3.05, 3.63) is 48.4 Å². The van der Waals surface area contributed by atoms with Gasteiger partial charge in [0.25, 0.3) is 5.91 Å². The molecule has 1 N–H and O–H groups in total. The van der Waals surface area contributed by atoms with Gasteiger partial charge in [0.05, 0.1) is 5.69 Å². The third-order valence-electron chi connectivity index (χ3n) is 4.65. The van der Waals surface area contributed by atoms with E-state index in [0.717, 1.165) is 25.1 Å². The molecule has 4 heterocycles. The molecular weight excluding hydrogens is 320 g/mol. The van der Waals surface area contributed by atoms with Gasteiger partial charge in [-0.1, -0.05) is 0 Å². The van der Waals surface area contributed by atoms with Gasteiger partial charge in [0, 0.05) is 57.1 Å². The second-order valence-electron chi connectivity index (χ2n) is 6.22. The lowest BCUT2D eigenvalue weighted by Gasteiger charge is -2.31. The van der Waals surface area contributed by atoms with Gasteiger partial charge >= 0.3 is 0 Å². The van der Waals surface area contributed by atoms with Crippen molar-refractivity contribution in [2.45, 2.75) is 18.9 Å². The molecule has 0 radical (unpaired) electrons. The summed E-state index contributed by atoms with van der Waals surface area (Å²) in [7, 11) is 1.91. The van der Waals surface area contributed by atoms with Gasteiger partial charge in [-0.2, -0.15) is 5.10 Å². The van der Waals surface area contributed by atoms with Crippen LogP contribution in [-0.2, 0) is 11.8 Å². The summed E-state index contributed by atoms with van der Waals surface area (Å²) >= 11 is 0. The number of hydrogen-bond donors (Lipinski definition) is 1. The number of carbonyl (C=O) groups is 1. The van der Waals surface area contributed by atoms with Crippen molar-refractivity contribution in [2.75, 3.05) is 13.2 Å². The van der Waals surface area contributed by atoms with Gasteiger partial charge in [-0.3, -0.25) is 9.48 Å². The summed E-state index contributed by atoms with van der Waals surface area (Å²) in [5.41, 5.74) is 1.93. The van der Waals surface area contributed by atoms with Crippen molar-refractivity contribution in [1.82, 2.24) is 29.5 Å². The smallest absolute Gasteiger partial charge is 0.273 e. The maximum Gasteiger partial charge on any atom is 0.273 e. The first-order valence-corrected chi connectivity index (χ1v) is 8.39. The number of imidazole rings is 1. The number of ether oxygens (including phenoxy) is 1. The highest BCUT2D eigenvalue weighted by Crippen LogP contribution is 2.32. The number of amides is 1. The number of hydrogen-bond acceptors (Lipinski definition) is 5. The van der Waals surface area contributed by atoms with E-state index in [2.05, 4.69) is 20.4 Å². The molecule has 8 heteroatoms. The summed E-state index contributed by atoms with van der Waals surface area (Å²) in [5.74, 6) is -0.0151. The second-order valence-corrected chi connectivity index (χ2v) is 6.22. The van der Waals surface area contributed by atoms with Gasteiger partial charge < -0.3 is 14.5 Å². The number of carbonyl (C=O) groups excluding carboxylic acids is 1. The summed E-state index contributed by atoms with van der Waals surface area (Å²) in [6.07, 6.45) is 10.5. The van der Waals surface area contributed by atoms with E-state index in [-0.39, 0.29) is 17.9 Å². The van der Waals surface area contributed by atoms with Gasteiger partial charge in [0.2, 0.25) is 0 Å². The van der Waals surface area contributed by atoms with E-state index in [9.17, 15) is 4.79 Å². The standard InChI is InChI=1S/C17H20N6O2/c1-22-13(4-5-21-22)15-12(3-2-10-25-15)11-20-17(24)14-16-19-7-9-23(16)8-6-18-14/h4-9,12,15H,2-3,10-11H2,1H3,(H,20,24)/t12-,15+/m0/s1. The Kier molecular flexibility index (Phi) is 4.19. The van der Waals surface area contributed by atoms with E-state index in [0.29, 0.717) is 17.9 Å². The summed E-state index contributed by atoms with van der Waals surface area (Å²) < 4.78 is 9.58. The van der Waals surface area contributed by atoms with E-state index in [1.807, 2.05) is 17.8 Å². The largest absolute Gasteiger partial charge is 0.372 e. The number of aryl methyl sites for hydroxylation is 1. The molecule has 1 fully saturated rings. The summed E-state index contributed by atoms with van der Waals surface area (Å²) in [5, 5.41) is 7.22. The number of rotatable bonds is 4. The zero-order valence-electron chi connectivity index (χ0n) is 14.0. The van der Waals surface area contributed by atoms with Crippen molar-refractivity contribution in [1.29, 1.82) is 0 Å². The summed E-state index contributed by atoms with van der Waals surface area (Å²) in [4.78, 5) is 21.0. The number of fused-ring (bicyclic) bond motifs is 1. The van der Waals surface area contributed by atoms with E-state index >= 15 is 0 Å². The van der Waals surface area contributed by atoms with Crippen LogP contribution in [0, 0.1) is 5.92 Å². The molecule has 1 aliphatic rings. The maximum absolute atomic E-state index is 12.6. The molecule has 0 unspecified atom stereocenters. The predicted octanol–water partition coefficient (Wildman–Crippen LogP) is 1.36. The molecule has 25 heavy (non-hydrogen) atoms. The number of aromatic nitrogens is 5. The molecule has 3 aromatic rings. The fourth-order valence-corrected chi connectivity index (χ4v) is 3.36. The first-order chi connectivity index (χ1) is 12.2. The summed E-state index contributed by atoms with van der Waals surface area (Å²) in [6.45, 7) is 1.26.